The smallest absolute Gasteiger partial charge is 0.360 e. The lowest BCUT2D eigenvalue weighted by Gasteiger charge is -2.11. The molecule has 0 aliphatic heterocycles. The van der Waals surface area contributed by atoms with Gasteiger partial charge in [0.25, 0.3) is 0 Å². The Balaban J connectivity index is 2.40. The molecule has 0 radical (unpaired) electrons. The van der Waals surface area contributed by atoms with Crippen LogP contribution in [0.15, 0.2) is 47.8 Å². The zero-order chi connectivity index (χ0) is 16.7. The van der Waals surface area contributed by atoms with E-state index >= 15 is 0 Å². The van der Waals surface area contributed by atoms with Gasteiger partial charge in [-0.15, -0.1) is 0 Å². The molecule has 1 aromatic carbocycles. The molecule has 0 saturated heterocycles. The summed E-state index contributed by atoms with van der Waals surface area (Å²) in [6, 6.07) is 10.3. The number of hydrogen-bond acceptors (Lipinski definition) is 7. The summed E-state index contributed by atoms with van der Waals surface area (Å²) in [4.78, 5) is 20.7. The van der Waals surface area contributed by atoms with Gasteiger partial charge in [0.05, 0.1) is 19.8 Å². The van der Waals surface area contributed by atoms with E-state index in [0.29, 0.717) is 17.1 Å². The third-order valence-corrected chi connectivity index (χ3v) is 2.84. The maximum absolute atomic E-state index is 11.9. The monoisotopic (exact) mass is 316 g/mol. The van der Waals surface area contributed by atoms with Gasteiger partial charge in [-0.2, -0.15) is 0 Å². The average molecular weight is 316 g/mol. The molecule has 0 aliphatic carbocycles. The molecule has 0 amide bonds. The van der Waals surface area contributed by atoms with Crippen LogP contribution in [0, 0.1) is 0 Å². The molecule has 7 nitrogen and oxygen atoms in total. The van der Waals surface area contributed by atoms with Gasteiger partial charge in [-0.3, -0.25) is 0 Å². The molecule has 0 unspecified atom stereocenters. The van der Waals surface area contributed by atoms with Crippen molar-refractivity contribution in [3.05, 3.63) is 48.2 Å². The van der Waals surface area contributed by atoms with Crippen LogP contribution in [0.4, 0.5) is 0 Å². The van der Waals surface area contributed by atoms with Crippen molar-refractivity contribution in [1.82, 2.24) is 4.98 Å². The van der Waals surface area contributed by atoms with Crippen molar-refractivity contribution in [2.24, 2.45) is 5.16 Å². The Morgan fingerprint density at radius 3 is 2.57 bits per heavy atom. The number of nitrogens with zero attached hydrogens (tertiary/aromatic N) is 2. The molecule has 0 bridgehead atoms. The van der Waals surface area contributed by atoms with Crippen molar-refractivity contribution in [1.29, 1.82) is 0 Å². The number of rotatable bonds is 6. The van der Waals surface area contributed by atoms with E-state index in [4.69, 9.17) is 19.0 Å². The number of pyridine rings is 1. The van der Waals surface area contributed by atoms with Gasteiger partial charge in [-0.25, -0.2) is 9.78 Å². The second-order valence-corrected chi connectivity index (χ2v) is 4.25. The second-order valence-electron chi connectivity index (χ2n) is 4.25. The highest BCUT2D eigenvalue weighted by Crippen LogP contribution is 2.26. The Morgan fingerprint density at radius 1 is 1.09 bits per heavy atom. The zero-order valence-corrected chi connectivity index (χ0v) is 13.0. The predicted molar refractivity (Wildman–Crippen MR) is 82.9 cm³/mol. The maximum Gasteiger partial charge on any atom is 0.360 e. The largest absolute Gasteiger partial charge is 0.497 e. The number of esters is 1. The molecule has 0 atom stereocenters. The summed E-state index contributed by atoms with van der Waals surface area (Å²) in [5.74, 6) is 0.682. The first-order valence-electron chi connectivity index (χ1n) is 6.66. The highest BCUT2D eigenvalue weighted by atomic mass is 16.6. The van der Waals surface area contributed by atoms with Gasteiger partial charge in [0, 0.05) is 12.3 Å². The topological polar surface area (TPSA) is 79.2 Å². The molecule has 0 aliphatic rings. The Morgan fingerprint density at radius 2 is 1.87 bits per heavy atom. The summed E-state index contributed by atoms with van der Waals surface area (Å²) in [6.07, 6.45) is 1.54. The van der Waals surface area contributed by atoms with Crippen molar-refractivity contribution in [3.8, 4) is 17.4 Å². The Labute approximate surface area is 133 Å². The number of carbonyl (C=O) groups excluding carboxylic acids is 1. The highest BCUT2D eigenvalue weighted by molar-refractivity contribution is 6.43. The van der Waals surface area contributed by atoms with E-state index < -0.39 is 5.97 Å². The third kappa shape index (κ3) is 3.97. The van der Waals surface area contributed by atoms with E-state index in [1.54, 1.807) is 49.7 Å². The van der Waals surface area contributed by atoms with Gasteiger partial charge in [0.2, 0.25) is 5.88 Å². The molecule has 0 spiro atoms. The molecular weight excluding hydrogens is 300 g/mol. The number of oxime groups is 1. The fraction of sp³-hybridized carbons (Fsp3) is 0.188. The van der Waals surface area contributed by atoms with Crippen molar-refractivity contribution >= 4 is 11.7 Å². The Hall–Kier alpha value is -3.09. The summed E-state index contributed by atoms with van der Waals surface area (Å²) < 4.78 is 15.6. The first kappa shape index (κ1) is 16.3. The molecule has 23 heavy (non-hydrogen) atoms. The van der Waals surface area contributed by atoms with Crippen molar-refractivity contribution in [2.75, 3.05) is 21.3 Å². The summed E-state index contributed by atoms with van der Waals surface area (Å²) in [5.41, 5.74) is 0.310. The predicted octanol–water partition coefficient (Wildman–Crippen LogP) is 2.41. The van der Waals surface area contributed by atoms with Gasteiger partial charge in [-0.05, 0) is 24.3 Å². The van der Waals surface area contributed by atoms with Crippen molar-refractivity contribution in [2.45, 2.75) is 0 Å². The van der Waals surface area contributed by atoms with E-state index in [-0.39, 0.29) is 11.6 Å². The number of methoxy groups -OCH3 is 2. The molecule has 0 fully saturated rings. The fourth-order valence-corrected chi connectivity index (χ4v) is 1.81. The minimum atomic E-state index is -0.657. The summed E-state index contributed by atoms with van der Waals surface area (Å²) >= 11 is 0. The van der Waals surface area contributed by atoms with Gasteiger partial charge in [0.15, 0.2) is 5.71 Å². The highest BCUT2D eigenvalue weighted by Gasteiger charge is 2.21. The van der Waals surface area contributed by atoms with Crippen molar-refractivity contribution < 1.29 is 23.8 Å². The molecule has 120 valence electrons. The van der Waals surface area contributed by atoms with Crippen LogP contribution in [0.3, 0.4) is 0 Å². The van der Waals surface area contributed by atoms with Crippen molar-refractivity contribution in [3.63, 3.8) is 0 Å². The SMILES string of the molecule is CO/N=C(\C(=O)OC)c1cccnc1Oc1cccc(OC)c1. The van der Waals surface area contributed by atoms with Gasteiger partial charge < -0.3 is 19.0 Å². The van der Waals surface area contributed by atoms with Crippen LogP contribution in [0.2, 0.25) is 0 Å². The quantitative estimate of drug-likeness (QED) is 0.462. The van der Waals surface area contributed by atoms with Crippen LogP contribution in [0.25, 0.3) is 0 Å². The van der Waals surface area contributed by atoms with E-state index in [1.165, 1.54) is 14.2 Å². The molecule has 2 rings (SSSR count). The molecular formula is C16H16N2O5. The first-order chi connectivity index (χ1) is 11.2. The molecule has 1 aromatic heterocycles. The van der Waals surface area contributed by atoms with E-state index in [1.807, 2.05) is 0 Å². The Bertz CT molecular complexity index is 715. The average Bonchev–Trinajstić information content (AvgIpc) is 2.60. The van der Waals surface area contributed by atoms with Gasteiger partial charge in [-0.1, -0.05) is 11.2 Å². The van der Waals surface area contributed by atoms with Crippen LogP contribution < -0.4 is 9.47 Å². The number of carbonyl (C=O) groups is 1. The lowest BCUT2D eigenvalue weighted by molar-refractivity contribution is -0.132. The second kappa shape index (κ2) is 7.79. The lowest BCUT2D eigenvalue weighted by atomic mass is 10.1. The Kier molecular flexibility index (Phi) is 5.51. The normalized spacial score (nSPS) is 10.8. The minimum absolute atomic E-state index is 0.0407. The summed E-state index contributed by atoms with van der Waals surface area (Å²) in [6.45, 7) is 0. The number of benzene rings is 1. The van der Waals surface area contributed by atoms with Gasteiger partial charge in [0.1, 0.15) is 18.6 Å². The maximum atomic E-state index is 11.9. The van der Waals surface area contributed by atoms with Crippen LogP contribution in [0.5, 0.6) is 17.4 Å². The standard InChI is InChI=1S/C16H16N2O5/c1-20-11-6-4-7-12(10-11)23-15-13(8-5-9-17-15)14(18-22-3)16(19)21-2/h4-10H,1-3H3/b18-14-. The lowest BCUT2D eigenvalue weighted by Crippen LogP contribution is -2.18. The van der Waals surface area contributed by atoms with E-state index in [0.717, 1.165) is 0 Å². The molecule has 7 heteroatoms. The van der Waals surface area contributed by atoms with E-state index in [9.17, 15) is 4.79 Å². The first-order valence-corrected chi connectivity index (χ1v) is 6.66. The molecule has 0 N–H and O–H groups in total. The summed E-state index contributed by atoms with van der Waals surface area (Å²) in [5, 5.41) is 3.70. The van der Waals surface area contributed by atoms with E-state index in [2.05, 4.69) is 10.1 Å². The molecule has 1 heterocycles. The molecule has 2 aromatic rings. The van der Waals surface area contributed by atoms with Gasteiger partial charge >= 0.3 is 5.97 Å². The number of aromatic nitrogens is 1. The number of hydrogen-bond donors (Lipinski definition) is 0. The number of ether oxygens (including phenoxy) is 3. The van der Waals surface area contributed by atoms with Crippen LogP contribution >= 0.6 is 0 Å². The third-order valence-electron chi connectivity index (χ3n) is 2.84. The summed E-state index contributed by atoms with van der Waals surface area (Å²) in [7, 11) is 4.15. The van der Waals surface area contributed by atoms with Crippen LogP contribution in [-0.4, -0.2) is 38.0 Å². The minimum Gasteiger partial charge on any atom is -0.497 e. The van der Waals surface area contributed by atoms with Crippen LogP contribution in [0.1, 0.15) is 5.56 Å². The zero-order valence-electron chi connectivity index (χ0n) is 13.0. The van der Waals surface area contributed by atoms with Crippen LogP contribution in [-0.2, 0) is 14.4 Å². The fourth-order valence-electron chi connectivity index (χ4n) is 1.81. The molecule has 0 saturated carbocycles.